The average Bonchev–Trinajstić information content (AvgIpc) is 3.44. The molecule has 0 amide bonds. The van der Waals surface area contributed by atoms with Crippen LogP contribution in [0.1, 0.15) is 31.0 Å². The molecule has 186 valence electrons. The molecule has 2 aliphatic heterocycles. The number of ether oxygens (including phenoxy) is 4. The van der Waals surface area contributed by atoms with Gasteiger partial charge in [0, 0.05) is 0 Å². The number of thiazole rings is 1. The van der Waals surface area contributed by atoms with Crippen LogP contribution < -0.4 is 29.1 Å². The van der Waals surface area contributed by atoms with E-state index in [1.165, 1.54) is 23.0 Å². The molecule has 5 rings (SSSR count). The minimum atomic E-state index is -0.766. The van der Waals surface area contributed by atoms with Gasteiger partial charge in [0.2, 0.25) is 6.79 Å². The molecule has 1 N–H and O–H groups in total. The summed E-state index contributed by atoms with van der Waals surface area (Å²) in [6, 6.07) is 7.87. The van der Waals surface area contributed by atoms with Gasteiger partial charge in [0.25, 0.3) is 5.56 Å². The van der Waals surface area contributed by atoms with Crippen molar-refractivity contribution in [2.24, 2.45) is 4.99 Å². The first kappa shape index (κ1) is 24.1. The zero-order valence-electron chi connectivity index (χ0n) is 19.5. The largest absolute Gasteiger partial charge is 0.503 e. The molecule has 9 nitrogen and oxygen atoms in total. The van der Waals surface area contributed by atoms with E-state index in [1.807, 2.05) is 0 Å². The highest BCUT2D eigenvalue weighted by Crippen LogP contribution is 2.38. The van der Waals surface area contributed by atoms with Crippen LogP contribution in [0.25, 0.3) is 6.08 Å². The lowest BCUT2D eigenvalue weighted by molar-refractivity contribution is -0.139. The second-order valence-electron chi connectivity index (χ2n) is 7.97. The SMILES string of the molecule is CCOC(=O)C1=C(C)N=c2sc(=Cc3cc(Br)c(O)c(OC)c3)c(=O)n2[C@H]1c1ccc2c(c1)OCO2. The molecule has 0 fully saturated rings. The van der Waals surface area contributed by atoms with E-state index < -0.39 is 12.0 Å². The molecule has 0 saturated carbocycles. The highest BCUT2D eigenvalue weighted by molar-refractivity contribution is 9.10. The topological polar surface area (TPSA) is 109 Å². The Morgan fingerprint density at radius 2 is 2.08 bits per heavy atom. The molecule has 0 aliphatic carbocycles. The molecule has 1 atom stereocenters. The molecule has 0 bridgehead atoms. The van der Waals surface area contributed by atoms with Gasteiger partial charge in [-0.2, -0.15) is 0 Å². The summed E-state index contributed by atoms with van der Waals surface area (Å²) >= 11 is 4.51. The number of benzene rings is 2. The molecular formula is C25H21BrN2O7S. The van der Waals surface area contributed by atoms with Crippen LogP contribution in [0.3, 0.4) is 0 Å². The number of methoxy groups -OCH3 is 1. The first-order chi connectivity index (χ1) is 17.3. The van der Waals surface area contributed by atoms with E-state index >= 15 is 0 Å². The van der Waals surface area contributed by atoms with Crippen molar-refractivity contribution in [3.63, 3.8) is 0 Å². The van der Waals surface area contributed by atoms with Gasteiger partial charge >= 0.3 is 5.97 Å². The van der Waals surface area contributed by atoms with Gasteiger partial charge in [0.1, 0.15) is 0 Å². The maximum Gasteiger partial charge on any atom is 0.338 e. The fourth-order valence-corrected chi connectivity index (χ4v) is 5.68. The van der Waals surface area contributed by atoms with Crippen LogP contribution in [0.2, 0.25) is 0 Å². The molecule has 11 heteroatoms. The number of carbonyl (C=O) groups excluding carboxylic acids is 1. The second-order valence-corrected chi connectivity index (χ2v) is 9.83. The number of fused-ring (bicyclic) bond motifs is 2. The highest BCUT2D eigenvalue weighted by Gasteiger charge is 2.34. The average molecular weight is 573 g/mol. The lowest BCUT2D eigenvalue weighted by Gasteiger charge is -2.24. The first-order valence-electron chi connectivity index (χ1n) is 11.0. The molecule has 0 radical (unpaired) electrons. The first-order valence-corrected chi connectivity index (χ1v) is 12.6. The number of phenols is 1. The molecular weight excluding hydrogens is 552 g/mol. The van der Waals surface area contributed by atoms with Crippen molar-refractivity contribution in [1.29, 1.82) is 0 Å². The van der Waals surface area contributed by atoms with Gasteiger partial charge in [-0.3, -0.25) is 9.36 Å². The van der Waals surface area contributed by atoms with Crippen LogP contribution in [0, 0.1) is 0 Å². The van der Waals surface area contributed by atoms with Gasteiger partial charge in [-0.15, -0.1) is 0 Å². The molecule has 3 heterocycles. The maximum absolute atomic E-state index is 13.7. The minimum Gasteiger partial charge on any atom is -0.503 e. The summed E-state index contributed by atoms with van der Waals surface area (Å²) < 4.78 is 23.9. The lowest BCUT2D eigenvalue weighted by atomic mass is 9.95. The third kappa shape index (κ3) is 4.07. The Hall–Kier alpha value is -3.57. The van der Waals surface area contributed by atoms with Gasteiger partial charge < -0.3 is 24.1 Å². The molecule has 2 aliphatic rings. The van der Waals surface area contributed by atoms with E-state index in [4.69, 9.17) is 18.9 Å². The van der Waals surface area contributed by atoms with Gasteiger partial charge in [0.15, 0.2) is 27.8 Å². The number of hydrogen-bond acceptors (Lipinski definition) is 9. The smallest absolute Gasteiger partial charge is 0.338 e. The van der Waals surface area contributed by atoms with Crippen molar-refractivity contribution in [3.05, 3.63) is 76.9 Å². The Morgan fingerprint density at radius 1 is 1.31 bits per heavy atom. The number of halogens is 1. The summed E-state index contributed by atoms with van der Waals surface area (Å²) in [6.45, 7) is 3.74. The van der Waals surface area contributed by atoms with Gasteiger partial charge in [-0.05, 0) is 71.2 Å². The van der Waals surface area contributed by atoms with Crippen LogP contribution in [-0.4, -0.2) is 36.2 Å². The van der Waals surface area contributed by atoms with Gasteiger partial charge in [-0.1, -0.05) is 17.4 Å². The number of esters is 1. The van der Waals surface area contributed by atoms with E-state index in [2.05, 4.69) is 20.9 Å². The number of rotatable bonds is 5. The third-order valence-corrected chi connectivity index (χ3v) is 7.39. The summed E-state index contributed by atoms with van der Waals surface area (Å²) in [5.41, 5.74) is 1.74. The number of nitrogens with zero attached hydrogens (tertiary/aromatic N) is 2. The number of aromatic hydroxyl groups is 1. The van der Waals surface area contributed by atoms with E-state index in [9.17, 15) is 14.7 Å². The predicted molar refractivity (Wildman–Crippen MR) is 135 cm³/mol. The van der Waals surface area contributed by atoms with E-state index in [-0.39, 0.29) is 36.0 Å². The zero-order chi connectivity index (χ0) is 25.6. The number of phenolic OH excluding ortho intramolecular Hbond substituents is 1. The van der Waals surface area contributed by atoms with Crippen molar-refractivity contribution < 1.29 is 28.8 Å². The van der Waals surface area contributed by atoms with E-state index in [0.717, 1.165) is 0 Å². The second kappa shape index (κ2) is 9.47. The number of hydrogen-bond donors (Lipinski definition) is 1. The summed E-state index contributed by atoms with van der Waals surface area (Å²) in [5.74, 6) is 0.823. The van der Waals surface area contributed by atoms with Crippen molar-refractivity contribution in [3.8, 4) is 23.0 Å². The quantitative estimate of drug-likeness (QED) is 0.468. The van der Waals surface area contributed by atoms with Crippen molar-refractivity contribution in [2.45, 2.75) is 19.9 Å². The lowest BCUT2D eigenvalue weighted by Crippen LogP contribution is -2.39. The van der Waals surface area contributed by atoms with Crippen LogP contribution in [0.15, 0.2) is 55.9 Å². The van der Waals surface area contributed by atoms with Crippen LogP contribution >= 0.6 is 27.3 Å². The van der Waals surface area contributed by atoms with E-state index in [0.29, 0.717) is 42.1 Å². The molecule has 0 saturated heterocycles. The molecule has 2 aromatic carbocycles. The summed E-state index contributed by atoms with van der Waals surface area (Å²) in [6.07, 6.45) is 1.69. The normalized spacial score (nSPS) is 16.6. The van der Waals surface area contributed by atoms with Gasteiger partial charge in [-0.25, -0.2) is 9.79 Å². The molecule has 0 spiro atoms. The minimum absolute atomic E-state index is 0.0337. The number of allylic oxidation sites excluding steroid dienone is 1. The zero-order valence-corrected chi connectivity index (χ0v) is 21.9. The Kier molecular flexibility index (Phi) is 6.35. The molecule has 3 aromatic rings. The summed E-state index contributed by atoms with van der Waals surface area (Å²) in [7, 11) is 1.45. The maximum atomic E-state index is 13.7. The van der Waals surface area contributed by atoms with Crippen molar-refractivity contribution >= 4 is 39.3 Å². The fourth-order valence-electron chi connectivity index (χ4n) is 4.17. The van der Waals surface area contributed by atoms with Crippen molar-refractivity contribution in [2.75, 3.05) is 20.5 Å². The number of aromatic nitrogens is 1. The molecule has 36 heavy (non-hydrogen) atoms. The summed E-state index contributed by atoms with van der Waals surface area (Å²) in [4.78, 5) is 31.8. The van der Waals surface area contributed by atoms with Gasteiger partial charge in [0.05, 0.1) is 40.0 Å². The number of carbonyl (C=O) groups is 1. The van der Waals surface area contributed by atoms with E-state index in [1.54, 1.807) is 50.3 Å². The summed E-state index contributed by atoms with van der Waals surface area (Å²) in [5, 5.41) is 10.1. The monoisotopic (exact) mass is 572 g/mol. The predicted octanol–water partition coefficient (Wildman–Crippen LogP) is 3.00. The van der Waals surface area contributed by atoms with Crippen LogP contribution in [0.5, 0.6) is 23.0 Å². The molecule has 0 unspecified atom stereocenters. The standard InChI is InChI=1S/C25H21BrN2O7S/c1-4-33-24(31)20-12(2)27-25-28(21(20)14-5-6-16-17(10-14)35-11-34-16)23(30)19(36-25)9-13-7-15(26)22(29)18(8-13)32-3/h5-10,21,29H,4,11H2,1-3H3/t21-/m0/s1. The molecule has 1 aromatic heterocycles. The Labute approximate surface area is 217 Å². The van der Waals surface area contributed by atoms with Crippen LogP contribution in [-0.2, 0) is 9.53 Å². The Bertz CT molecular complexity index is 1610. The van der Waals surface area contributed by atoms with Crippen LogP contribution in [0.4, 0.5) is 0 Å². The fraction of sp³-hybridized carbons (Fsp3) is 0.240. The third-order valence-electron chi connectivity index (χ3n) is 5.80. The Balaban J connectivity index is 1.72. The Morgan fingerprint density at radius 3 is 2.83 bits per heavy atom. The van der Waals surface area contributed by atoms with Crippen molar-refractivity contribution in [1.82, 2.24) is 4.57 Å². The highest BCUT2D eigenvalue weighted by atomic mass is 79.9.